The molecule has 0 spiro atoms. The van der Waals surface area contributed by atoms with Gasteiger partial charge in [-0.1, -0.05) is 24.3 Å². The van der Waals surface area contributed by atoms with Crippen LogP contribution in [0.25, 0.3) is 11.0 Å². The molecule has 32 heavy (non-hydrogen) atoms. The number of hydrogen-bond donors (Lipinski definition) is 1. The minimum atomic E-state index is -3.44. The predicted molar refractivity (Wildman–Crippen MR) is 123 cm³/mol. The summed E-state index contributed by atoms with van der Waals surface area (Å²) in [4.78, 5) is 25.3. The SMILES string of the molecule is CCn1c(=O)n(CCC(=O)NCc2ccc(S(=O)(=O)N3CCCC3)cc2)c2ccccc21. The molecule has 0 aliphatic carbocycles. The van der Waals surface area contributed by atoms with Crippen molar-refractivity contribution in [1.82, 2.24) is 18.8 Å². The zero-order valence-electron chi connectivity index (χ0n) is 18.2. The highest BCUT2D eigenvalue weighted by molar-refractivity contribution is 7.89. The molecule has 1 aromatic heterocycles. The first kappa shape index (κ1) is 22.3. The minimum absolute atomic E-state index is 0.115. The summed E-state index contributed by atoms with van der Waals surface area (Å²) in [6.45, 7) is 4.23. The third-order valence-corrected chi connectivity index (χ3v) is 7.83. The molecule has 0 radical (unpaired) electrons. The lowest BCUT2D eigenvalue weighted by atomic mass is 10.2. The van der Waals surface area contributed by atoms with E-state index < -0.39 is 10.0 Å². The van der Waals surface area contributed by atoms with Crippen LogP contribution in [0.5, 0.6) is 0 Å². The number of rotatable bonds is 8. The Morgan fingerprint density at radius 2 is 1.59 bits per heavy atom. The van der Waals surface area contributed by atoms with Crippen LogP contribution in [0.4, 0.5) is 0 Å². The Balaban J connectivity index is 1.35. The Morgan fingerprint density at radius 1 is 0.969 bits per heavy atom. The lowest BCUT2D eigenvalue weighted by Gasteiger charge is -2.15. The highest BCUT2D eigenvalue weighted by atomic mass is 32.2. The van der Waals surface area contributed by atoms with Gasteiger partial charge in [-0.3, -0.25) is 13.9 Å². The van der Waals surface area contributed by atoms with Gasteiger partial charge in [0.05, 0.1) is 15.9 Å². The van der Waals surface area contributed by atoms with Crippen molar-refractivity contribution < 1.29 is 13.2 Å². The summed E-state index contributed by atoms with van der Waals surface area (Å²) in [5.41, 5.74) is 2.39. The maximum absolute atomic E-state index is 12.7. The van der Waals surface area contributed by atoms with Gasteiger partial charge in [-0.2, -0.15) is 4.31 Å². The zero-order valence-corrected chi connectivity index (χ0v) is 19.0. The molecule has 8 nitrogen and oxygen atoms in total. The molecule has 3 aromatic rings. The summed E-state index contributed by atoms with van der Waals surface area (Å²) >= 11 is 0. The number of carbonyl (C=O) groups is 1. The lowest BCUT2D eigenvalue weighted by Crippen LogP contribution is -2.28. The summed E-state index contributed by atoms with van der Waals surface area (Å²) in [6, 6.07) is 14.2. The normalized spacial score (nSPS) is 14.8. The zero-order chi connectivity index (χ0) is 22.7. The second-order valence-electron chi connectivity index (χ2n) is 7.95. The highest BCUT2D eigenvalue weighted by Crippen LogP contribution is 2.21. The van der Waals surface area contributed by atoms with E-state index in [1.807, 2.05) is 31.2 Å². The molecular weight excluding hydrogens is 428 g/mol. The van der Waals surface area contributed by atoms with E-state index in [0.717, 1.165) is 29.4 Å². The summed E-state index contributed by atoms with van der Waals surface area (Å²) < 4.78 is 30.1. The van der Waals surface area contributed by atoms with Crippen molar-refractivity contribution in [3.05, 3.63) is 64.6 Å². The molecule has 1 amide bonds. The number of nitrogens with zero attached hydrogens (tertiary/aromatic N) is 3. The lowest BCUT2D eigenvalue weighted by molar-refractivity contribution is -0.121. The minimum Gasteiger partial charge on any atom is -0.352 e. The number of hydrogen-bond acceptors (Lipinski definition) is 4. The van der Waals surface area contributed by atoms with E-state index in [1.54, 1.807) is 33.4 Å². The Bertz CT molecular complexity index is 1270. The van der Waals surface area contributed by atoms with E-state index in [1.165, 1.54) is 4.31 Å². The van der Waals surface area contributed by atoms with Gasteiger partial charge in [-0.25, -0.2) is 13.2 Å². The van der Waals surface area contributed by atoms with Crippen molar-refractivity contribution in [2.24, 2.45) is 0 Å². The van der Waals surface area contributed by atoms with Gasteiger partial charge in [0.15, 0.2) is 0 Å². The highest BCUT2D eigenvalue weighted by Gasteiger charge is 2.26. The topological polar surface area (TPSA) is 93.4 Å². The van der Waals surface area contributed by atoms with Crippen LogP contribution >= 0.6 is 0 Å². The van der Waals surface area contributed by atoms with Crippen molar-refractivity contribution in [2.45, 2.75) is 50.7 Å². The molecule has 1 saturated heterocycles. The van der Waals surface area contributed by atoms with Crippen molar-refractivity contribution in [3.8, 4) is 0 Å². The number of benzene rings is 2. The van der Waals surface area contributed by atoms with Gasteiger partial charge >= 0.3 is 5.69 Å². The largest absolute Gasteiger partial charge is 0.352 e. The van der Waals surface area contributed by atoms with E-state index in [0.29, 0.717) is 32.7 Å². The van der Waals surface area contributed by atoms with Gasteiger partial charge in [0, 0.05) is 39.1 Å². The van der Waals surface area contributed by atoms with Gasteiger partial charge in [0.2, 0.25) is 15.9 Å². The fourth-order valence-electron chi connectivity index (χ4n) is 4.15. The average molecular weight is 457 g/mol. The number of aryl methyl sites for hydroxylation is 2. The van der Waals surface area contributed by atoms with E-state index in [4.69, 9.17) is 0 Å². The molecule has 0 atom stereocenters. The molecule has 1 N–H and O–H groups in total. The number of carbonyl (C=O) groups excluding carboxylic acids is 1. The van der Waals surface area contributed by atoms with Crippen LogP contribution in [0, 0.1) is 0 Å². The number of amides is 1. The number of imidazole rings is 1. The smallest absolute Gasteiger partial charge is 0.329 e. The fourth-order valence-corrected chi connectivity index (χ4v) is 5.67. The molecular formula is C23H28N4O4S. The maximum atomic E-state index is 12.7. The molecule has 4 rings (SSSR count). The van der Waals surface area contributed by atoms with Crippen LogP contribution in [0.15, 0.2) is 58.2 Å². The molecule has 1 aliphatic heterocycles. The Morgan fingerprint density at radius 3 is 2.22 bits per heavy atom. The number of para-hydroxylation sites is 2. The quantitative estimate of drug-likeness (QED) is 0.563. The molecule has 2 aromatic carbocycles. The molecule has 1 fully saturated rings. The van der Waals surface area contributed by atoms with Crippen molar-refractivity contribution >= 4 is 27.0 Å². The summed E-state index contributed by atoms with van der Waals surface area (Å²) in [7, 11) is -3.44. The van der Waals surface area contributed by atoms with Gasteiger partial charge in [0.25, 0.3) is 0 Å². The second-order valence-corrected chi connectivity index (χ2v) is 9.89. The number of aromatic nitrogens is 2. The van der Waals surface area contributed by atoms with E-state index in [-0.39, 0.29) is 22.9 Å². The van der Waals surface area contributed by atoms with E-state index >= 15 is 0 Å². The van der Waals surface area contributed by atoms with Crippen LogP contribution < -0.4 is 11.0 Å². The van der Waals surface area contributed by atoms with Gasteiger partial charge in [-0.15, -0.1) is 0 Å². The molecule has 9 heteroatoms. The number of fused-ring (bicyclic) bond motifs is 1. The first-order valence-corrected chi connectivity index (χ1v) is 12.4. The van der Waals surface area contributed by atoms with Crippen LogP contribution in [-0.4, -0.2) is 40.9 Å². The van der Waals surface area contributed by atoms with Crippen molar-refractivity contribution in [1.29, 1.82) is 0 Å². The molecule has 2 heterocycles. The third-order valence-electron chi connectivity index (χ3n) is 5.92. The van der Waals surface area contributed by atoms with Crippen LogP contribution in [0.3, 0.4) is 0 Å². The van der Waals surface area contributed by atoms with Gasteiger partial charge < -0.3 is 5.32 Å². The molecule has 1 aliphatic rings. The monoisotopic (exact) mass is 456 g/mol. The van der Waals surface area contributed by atoms with E-state index in [2.05, 4.69) is 5.32 Å². The summed E-state index contributed by atoms with van der Waals surface area (Å²) in [6.07, 6.45) is 1.97. The third kappa shape index (κ3) is 4.35. The molecule has 0 saturated carbocycles. The van der Waals surface area contributed by atoms with Crippen LogP contribution in [-0.2, 0) is 34.5 Å². The standard InChI is InChI=1S/C23H28N4O4S/c1-2-26-20-7-3-4-8-21(20)27(23(26)29)16-13-22(28)24-17-18-9-11-19(12-10-18)32(30,31)25-14-5-6-15-25/h3-4,7-12H,2,5-6,13-17H2,1H3,(H,24,28). The van der Waals surface area contributed by atoms with Crippen molar-refractivity contribution in [3.63, 3.8) is 0 Å². The number of nitrogens with one attached hydrogen (secondary N) is 1. The molecule has 170 valence electrons. The van der Waals surface area contributed by atoms with Gasteiger partial charge in [0.1, 0.15) is 0 Å². The van der Waals surface area contributed by atoms with E-state index in [9.17, 15) is 18.0 Å². The first-order valence-electron chi connectivity index (χ1n) is 11.0. The summed E-state index contributed by atoms with van der Waals surface area (Å²) in [5, 5.41) is 2.85. The van der Waals surface area contributed by atoms with Crippen LogP contribution in [0.1, 0.15) is 31.7 Å². The van der Waals surface area contributed by atoms with Gasteiger partial charge in [-0.05, 0) is 49.6 Å². The Kier molecular flexibility index (Phi) is 6.48. The molecule has 0 unspecified atom stereocenters. The summed E-state index contributed by atoms with van der Waals surface area (Å²) in [5.74, 6) is -0.168. The second kappa shape index (κ2) is 9.30. The Hall–Kier alpha value is -2.91. The predicted octanol–water partition coefficient (Wildman–Crippen LogP) is 2.31. The number of sulfonamides is 1. The maximum Gasteiger partial charge on any atom is 0.329 e. The Labute approximate surface area is 187 Å². The van der Waals surface area contributed by atoms with Crippen molar-refractivity contribution in [2.75, 3.05) is 13.1 Å². The molecule has 0 bridgehead atoms. The first-order chi connectivity index (χ1) is 15.4. The fraction of sp³-hybridized carbons (Fsp3) is 0.391. The van der Waals surface area contributed by atoms with Crippen LogP contribution in [0.2, 0.25) is 0 Å². The average Bonchev–Trinajstić information content (AvgIpc) is 3.43.